The van der Waals surface area contributed by atoms with Gasteiger partial charge in [-0.1, -0.05) is 6.07 Å². The molecule has 1 aromatic carbocycles. The monoisotopic (exact) mass is 334 g/mol. The maximum atomic E-state index is 5.37. The zero-order valence-corrected chi connectivity index (χ0v) is 13.7. The minimum atomic E-state index is 0.737. The van der Waals surface area contributed by atoms with Gasteiger partial charge in [0.2, 0.25) is 0 Å². The van der Waals surface area contributed by atoms with Crippen molar-refractivity contribution in [2.24, 2.45) is 10.1 Å². The van der Waals surface area contributed by atoms with Gasteiger partial charge in [-0.3, -0.25) is 10.4 Å². The van der Waals surface area contributed by atoms with E-state index in [-0.39, 0.29) is 0 Å². The molecule has 0 saturated heterocycles. The van der Waals surface area contributed by atoms with Crippen LogP contribution in [0.2, 0.25) is 0 Å². The summed E-state index contributed by atoms with van der Waals surface area (Å²) in [6, 6.07) is 13.7. The van der Waals surface area contributed by atoms with Crippen molar-refractivity contribution in [1.29, 1.82) is 0 Å². The topological polar surface area (TPSA) is 58.9 Å². The Bertz CT molecular complexity index is 917. The third-order valence-corrected chi connectivity index (χ3v) is 4.55. The average Bonchev–Trinajstić information content (AvgIpc) is 3.10. The van der Waals surface area contributed by atoms with Gasteiger partial charge in [0.05, 0.1) is 17.7 Å². The Kier molecular flexibility index (Phi) is 3.80. The maximum absolute atomic E-state index is 5.37. The first-order valence-electron chi connectivity index (χ1n) is 7.40. The first-order valence-corrected chi connectivity index (χ1v) is 8.28. The molecule has 2 aromatic heterocycles. The molecule has 0 unspecified atom stereocenters. The number of ether oxygens (including phenoxy) is 1. The van der Waals surface area contributed by atoms with Gasteiger partial charge in [-0.25, -0.2) is 4.99 Å². The quantitative estimate of drug-likeness (QED) is 0.796. The fourth-order valence-corrected chi connectivity index (χ4v) is 3.16. The van der Waals surface area contributed by atoms with E-state index in [1.807, 2.05) is 47.8 Å². The lowest BCUT2D eigenvalue weighted by molar-refractivity contribution is 0.415. The zero-order chi connectivity index (χ0) is 16.4. The SMILES string of the molecule is COc1ccc2c(c1)C(c1ccncc1)=NNC(c1cccs1)=N2. The lowest BCUT2D eigenvalue weighted by Crippen LogP contribution is -2.18. The first kappa shape index (κ1) is 14.6. The first-order chi connectivity index (χ1) is 11.8. The summed E-state index contributed by atoms with van der Waals surface area (Å²) in [7, 11) is 1.65. The molecular formula is C18H14N4OS. The Morgan fingerprint density at radius 3 is 2.71 bits per heavy atom. The summed E-state index contributed by atoms with van der Waals surface area (Å²) in [4.78, 5) is 9.88. The second kappa shape index (κ2) is 6.25. The largest absolute Gasteiger partial charge is 0.497 e. The van der Waals surface area contributed by atoms with Gasteiger partial charge in [0, 0.05) is 23.5 Å². The molecule has 118 valence electrons. The standard InChI is InChI=1S/C18H14N4OS/c1-23-13-4-5-15-14(11-13)17(12-6-8-19-9-7-12)21-22-18(20-15)16-3-2-10-24-16/h2-11H,1H3,(H,20,22). The minimum Gasteiger partial charge on any atom is -0.497 e. The van der Waals surface area contributed by atoms with Crippen molar-refractivity contribution in [3.05, 3.63) is 76.2 Å². The van der Waals surface area contributed by atoms with Crippen molar-refractivity contribution in [3.63, 3.8) is 0 Å². The van der Waals surface area contributed by atoms with Crippen molar-refractivity contribution in [2.75, 3.05) is 7.11 Å². The third-order valence-electron chi connectivity index (χ3n) is 3.67. The molecule has 3 heterocycles. The molecule has 6 heteroatoms. The van der Waals surface area contributed by atoms with Crippen LogP contribution < -0.4 is 10.2 Å². The third kappa shape index (κ3) is 2.68. The van der Waals surface area contributed by atoms with Crippen molar-refractivity contribution in [3.8, 4) is 5.75 Å². The molecule has 5 nitrogen and oxygen atoms in total. The van der Waals surface area contributed by atoms with Crippen molar-refractivity contribution in [1.82, 2.24) is 10.4 Å². The molecule has 1 aliphatic rings. The average molecular weight is 334 g/mol. The van der Waals surface area contributed by atoms with Gasteiger partial charge in [-0.15, -0.1) is 11.3 Å². The molecule has 0 spiro atoms. The summed E-state index contributed by atoms with van der Waals surface area (Å²) in [5.74, 6) is 1.51. The van der Waals surface area contributed by atoms with Crippen molar-refractivity contribution >= 4 is 28.6 Å². The fraction of sp³-hybridized carbons (Fsp3) is 0.0556. The Labute approximate surface area is 143 Å². The summed E-state index contributed by atoms with van der Waals surface area (Å²) < 4.78 is 5.37. The van der Waals surface area contributed by atoms with E-state index in [9.17, 15) is 0 Å². The summed E-state index contributed by atoms with van der Waals surface area (Å²) in [5.41, 5.74) is 6.64. The highest BCUT2D eigenvalue weighted by atomic mass is 32.1. The van der Waals surface area contributed by atoms with Crippen molar-refractivity contribution in [2.45, 2.75) is 0 Å². The summed E-state index contributed by atoms with van der Waals surface area (Å²) in [6.07, 6.45) is 3.51. The van der Waals surface area contributed by atoms with Gasteiger partial charge >= 0.3 is 0 Å². The highest BCUT2D eigenvalue weighted by Crippen LogP contribution is 2.29. The van der Waals surface area contributed by atoms with Crippen LogP contribution in [0.5, 0.6) is 5.75 Å². The van der Waals surface area contributed by atoms with Gasteiger partial charge < -0.3 is 4.74 Å². The van der Waals surface area contributed by atoms with Crippen LogP contribution in [-0.4, -0.2) is 23.6 Å². The molecule has 0 radical (unpaired) electrons. The molecule has 0 aliphatic carbocycles. The normalized spacial score (nSPS) is 13.2. The van der Waals surface area contributed by atoms with E-state index in [2.05, 4.69) is 15.5 Å². The van der Waals surface area contributed by atoms with Crippen LogP contribution in [0, 0.1) is 0 Å². The van der Waals surface area contributed by atoms with E-state index < -0.39 is 0 Å². The second-order valence-corrected chi connectivity index (χ2v) is 6.08. The van der Waals surface area contributed by atoms with E-state index in [1.165, 1.54) is 0 Å². The summed E-state index contributed by atoms with van der Waals surface area (Å²) >= 11 is 1.62. The predicted octanol–water partition coefficient (Wildman–Crippen LogP) is 3.59. The smallest absolute Gasteiger partial charge is 0.164 e. The van der Waals surface area contributed by atoms with Gasteiger partial charge in [0.15, 0.2) is 5.84 Å². The number of hydrogen-bond donors (Lipinski definition) is 1. The van der Waals surface area contributed by atoms with Crippen LogP contribution in [-0.2, 0) is 0 Å². The Balaban J connectivity index is 1.89. The number of aromatic nitrogens is 1. The van der Waals surface area contributed by atoms with Gasteiger partial charge in [0.25, 0.3) is 0 Å². The molecule has 0 atom stereocenters. The van der Waals surface area contributed by atoms with E-state index >= 15 is 0 Å². The maximum Gasteiger partial charge on any atom is 0.164 e. The van der Waals surface area contributed by atoms with Crippen LogP contribution in [0.25, 0.3) is 0 Å². The number of thiophene rings is 1. The van der Waals surface area contributed by atoms with E-state index in [0.717, 1.165) is 39.0 Å². The molecule has 24 heavy (non-hydrogen) atoms. The van der Waals surface area contributed by atoms with E-state index in [1.54, 1.807) is 30.8 Å². The van der Waals surface area contributed by atoms with Crippen LogP contribution in [0.3, 0.4) is 0 Å². The molecule has 0 fully saturated rings. The Morgan fingerprint density at radius 2 is 1.96 bits per heavy atom. The molecule has 0 bridgehead atoms. The number of methoxy groups -OCH3 is 1. The fourth-order valence-electron chi connectivity index (χ4n) is 2.50. The van der Waals surface area contributed by atoms with Crippen LogP contribution in [0.4, 0.5) is 5.69 Å². The number of aliphatic imine (C=N–C) groups is 1. The van der Waals surface area contributed by atoms with Crippen molar-refractivity contribution < 1.29 is 4.74 Å². The molecule has 0 amide bonds. The molecule has 0 saturated carbocycles. The number of hydrogen-bond acceptors (Lipinski definition) is 6. The number of nitrogens with zero attached hydrogens (tertiary/aromatic N) is 3. The number of nitrogens with one attached hydrogen (secondary N) is 1. The lowest BCUT2D eigenvalue weighted by atomic mass is 10.0. The summed E-state index contributed by atoms with van der Waals surface area (Å²) in [5, 5.41) is 6.63. The number of hydrazone groups is 1. The van der Waals surface area contributed by atoms with E-state index in [4.69, 9.17) is 9.73 Å². The van der Waals surface area contributed by atoms with Gasteiger partial charge in [-0.05, 0) is 41.8 Å². The number of fused-ring (bicyclic) bond motifs is 1. The van der Waals surface area contributed by atoms with Crippen LogP contribution >= 0.6 is 11.3 Å². The van der Waals surface area contributed by atoms with Gasteiger partial charge in [-0.2, -0.15) is 5.10 Å². The predicted molar refractivity (Wildman–Crippen MR) is 96.5 cm³/mol. The lowest BCUT2D eigenvalue weighted by Gasteiger charge is -2.09. The number of amidine groups is 1. The number of pyridine rings is 1. The number of rotatable bonds is 3. The molecular weight excluding hydrogens is 320 g/mol. The Hall–Kier alpha value is -2.99. The second-order valence-electron chi connectivity index (χ2n) is 5.13. The summed E-state index contributed by atoms with van der Waals surface area (Å²) in [6.45, 7) is 0. The molecule has 3 aromatic rings. The van der Waals surface area contributed by atoms with Crippen LogP contribution in [0.15, 0.2) is 70.3 Å². The molecule has 1 N–H and O–H groups in total. The number of benzene rings is 1. The molecule has 1 aliphatic heterocycles. The van der Waals surface area contributed by atoms with E-state index in [0.29, 0.717) is 0 Å². The zero-order valence-electron chi connectivity index (χ0n) is 12.9. The minimum absolute atomic E-state index is 0.737. The molecule has 4 rings (SSSR count). The Morgan fingerprint density at radius 1 is 1.08 bits per heavy atom. The van der Waals surface area contributed by atoms with Gasteiger partial charge in [0.1, 0.15) is 11.5 Å². The highest BCUT2D eigenvalue weighted by molar-refractivity contribution is 7.12. The highest BCUT2D eigenvalue weighted by Gasteiger charge is 2.18. The van der Waals surface area contributed by atoms with Crippen LogP contribution in [0.1, 0.15) is 16.0 Å².